The van der Waals surface area contributed by atoms with Gasteiger partial charge in [-0.3, -0.25) is 29.4 Å². The fourth-order valence-corrected chi connectivity index (χ4v) is 4.13. The maximum Gasteiger partial charge on any atom is 0.255 e. The molecule has 32 heavy (non-hydrogen) atoms. The molecule has 1 aromatic rings. The highest BCUT2D eigenvalue weighted by molar-refractivity contribution is 6.05. The van der Waals surface area contributed by atoms with Crippen LogP contribution in [0.2, 0.25) is 0 Å². The Morgan fingerprint density at radius 2 is 2.03 bits per heavy atom. The Bertz CT molecular complexity index is 969. The van der Waals surface area contributed by atoms with E-state index in [1.807, 2.05) is 4.90 Å². The molecule has 1 unspecified atom stereocenters. The van der Waals surface area contributed by atoms with Crippen molar-refractivity contribution >= 4 is 23.5 Å². The Kier molecular flexibility index (Phi) is 6.52. The molecule has 0 saturated carbocycles. The van der Waals surface area contributed by atoms with Gasteiger partial charge in [-0.25, -0.2) is 0 Å². The van der Waals surface area contributed by atoms with Gasteiger partial charge in [-0.15, -0.1) is 0 Å². The number of piperidine rings is 1. The van der Waals surface area contributed by atoms with Gasteiger partial charge >= 0.3 is 0 Å². The van der Waals surface area contributed by atoms with Crippen LogP contribution in [-0.4, -0.2) is 78.8 Å². The predicted molar refractivity (Wildman–Crippen MR) is 113 cm³/mol. The van der Waals surface area contributed by atoms with Crippen LogP contribution >= 0.6 is 0 Å². The van der Waals surface area contributed by atoms with E-state index in [0.717, 1.165) is 0 Å². The average Bonchev–Trinajstić information content (AvgIpc) is 3.10. The summed E-state index contributed by atoms with van der Waals surface area (Å²) < 4.78 is 11.1. The molecular weight excluding hydrogens is 416 g/mol. The minimum atomic E-state index is -0.691. The molecule has 10 heteroatoms. The standard InChI is InChI=1S/C22H26N4O6/c23-14(10-15(27)11-25-6-8-31-9-7-25)13-32-19-3-1-2-16-17(19)12-26(22(16)30)18-4-5-20(28)24-21(18)29/h1-3,10,18H,4-9,11-13,23H2,(H,24,28,29). The third kappa shape index (κ3) is 4.81. The first kappa shape index (κ1) is 22.0. The van der Waals surface area contributed by atoms with Gasteiger partial charge in [-0.05, 0) is 18.6 Å². The molecule has 0 aliphatic carbocycles. The minimum absolute atomic E-state index is 0.00207. The Labute approximate surface area is 185 Å². The third-order valence-electron chi connectivity index (χ3n) is 5.76. The molecule has 1 atom stereocenters. The van der Waals surface area contributed by atoms with Crippen molar-refractivity contribution in [3.05, 3.63) is 41.1 Å². The van der Waals surface area contributed by atoms with Crippen molar-refractivity contribution in [2.45, 2.75) is 25.4 Å². The molecule has 3 aliphatic heterocycles. The fourth-order valence-electron chi connectivity index (χ4n) is 4.13. The molecular formula is C22H26N4O6. The van der Waals surface area contributed by atoms with Crippen LogP contribution in [0.1, 0.15) is 28.8 Å². The van der Waals surface area contributed by atoms with Crippen molar-refractivity contribution in [1.82, 2.24) is 15.1 Å². The molecule has 4 rings (SSSR count). The maximum atomic E-state index is 12.9. The second-order valence-electron chi connectivity index (χ2n) is 8.04. The lowest BCUT2D eigenvalue weighted by molar-refractivity contribution is -0.137. The zero-order chi connectivity index (χ0) is 22.7. The van der Waals surface area contributed by atoms with Crippen molar-refractivity contribution in [2.75, 3.05) is 39.5 Å². The lowest BCUT2D eigenvalue weighted by Crippen LogP contribution is -2.52. The number of carbonyl (C=O) groups excluding carboxylic acids is 4. The third-order valence-corrected chi connectivity index (χ3v) is 5.76. The topological polar surface area (TPSA) is 131 Å². The minimum Gasteiger partial charge on any atom is -0.487 e. The molecule has 0 bridgehead atoms. The van der Waals surface area contributed by atoms with E-state index in [4.69, 9.17) is 15.2 Å². The summed E-state index contributed by atoms with van der Waals surface area (Å²) in [5.41, 5.74) is 7.39. The number of benzene rings is 1. The number of amides is 3. The Morgan fingerprint density at radius 1 is 1.25 bits per heavy atom. The summed E-state index contributed by atoms with van der Waals surface area (Å²) in [4.78, 5) is 52.2. The highest BCUT2D eigenvalue weighted by Crippen LogP contribution is 2.33. The van der Waals surface area contributed by atoms with E-state index in [2.05, 4.69) is 5.32 Å². The summed E-state index contributed by atoms with van der Waals surface area (Å²) in [6.07, 6.45) is 1.86. The number of rotatable bonds is 7. The molecule has 3 heterocycles. The van der Waals surface area contributed by atoms with Crippen LogP contribution < -0.4 is 15.8 Å². The molecule has 2 saturated heterocycles. The van der Waals surface area contributed by atoms with Crippen molar-refractivity contribution < 1.29 is 28.7 Å². The van der Waals surface area contributed by atoms with Gasteiger partial charge in [0.2, 0.25) is 11.8 Å². The highest BCUT2D eigenvalue weighted by Gasteiger charge is 2.40. The van der Waals surface area contributed by atoms with E-state index in [1.165, 1.54) is 11.0 Å². The smallest absolute Gasteiger partial charge is 0.255 e. The fraction of sp³-hybridized carbons (Fsp3) is 0.455. The van der Waals surface area contributed by atoms with Gasteiger partial charge in [0.05, 0.1) is 26.3 Å². The van der Waals surface area contributed by atoms with E-state index in [9.17, 15) is 19.2 Å². The molecule has 0 radical (unpaired) electrons. The molecule has 1 aromatic carbocycles. The number of nitrogens with two attached hydrogens (primary N) is 1. The van der Waals surface area contributed by atoms with Crippen molar-refractivity contribution in [1.29, 1.82) is 0 Å². The quantitative estimate of drug-likeness (QED) is 0.430. The number of morpholine rings is 1. The number of fused-ring (bicyclic) bond motifs is 1. The first-order chi connectivity index (χ1) is 15.4. The van der Waals surface area contributed by atoms with Crippen molar-refractivity contribution in [3.8, 4) is 5.75 Å². The van der Waals surface area contributed by atoms with Crippen LogP contribution in [-0.2, 0) is 25.7 Å². The predicted octanol–water partition coefficient (Wildman–Crippen LogP) is -0.430. The van der Waals surface area contributed by atoms with Gasteiger partial charge in [-0.2, -0.15) is 0 Å². The Balaban J connectivity index is 1.38. The number of nitrogens with one attached hydrogen (secondary N) is 1. The van der Waals surface area contributed by atoms with Crippen LogP contribution in [0.3, 0.4) is 0 Å². The van der Waals surface area contributed by atoms with Gasteiger partial charge in [0, 0.05) is 42.4 Å². The lowest BCUT2D eigenvalue weighted by atomic mass is 10.0. The monoisotopic (exact) mass is 442 g/mol. The number of ether oxygens (including phenoxy) is 2. The van der Waals surface area contributed by atoms with E-state index in [1.54, 1.807) is 18.2 Å². The Hall–Kier alpha value is -3.24. The molecule has 3 amide bonds. The second-order valence-corrected chi connectivity index (χ2v) is 8.04. The van der Waals surface area contributed by atoms with Crippen molar-refractivity contribution in [2.24, 2.45) is 5.73 Å². The van der Waals surface area contributed by atoms with Gasteiger partial charge < -0.3 is 20.1 Å². The second kappa shape index (κ2) is 9.49. The van der Waals surface area contributed by atoms with Crippen LogP contribution in [0.15, 0.2) is 30.0 Å². The largest absolute Gasteiger partial charge is 0.487 e. The molecule has 3 aliphatic rings. The number of carbonyl (C=O) groups is 4. The van der Waals surface area contributed by atoms with Gasteiger partial charge in [0.1, 0.15) is 18.4 Å². The zero-order valence-electron chi connectivity index (χ0n) is 17.7. The number of hydrogen-bond donors (Lipinski definition) is 2. The van der Waals surface area contributed by atoms with Gasteiger partial charge in [0.25, 0.3) is 5.91 Å². The summed E-state index contributed by atoms with van der Waals surface area (Å²) in [7, 11) is 0. The van der Waals surface area contributed by atoms with Gasteiger partial charge in [-0.1, -0.05) is 6.07 Å². The number of ketones is 1. The van der Waals surface area contributed by atoms with Gasteiger partial charge in [0.15, 0.2) is 5.78 Å². The molecule has 2 fully saturated rings. The number of nitrogens with zero attached hydrogens (tertiary/aromatic N) is 2. The first-order valence-corrected chi connectivity index (χ1v) is 10.6. The molecule has 0 spiro atoms. The summed E-state index contributed by atoms with van der Waals surface area (Å²) in [6.45, 7) is 3.13. The lowest BCUT2D eigenvalue weighted by Gasteiger charge is -2.29. The van der Waals surface area contributed by atoms with E-state index < -0.39 is 11.9 Å². The molecule has 0 aromatic heterocycles. The van der Waals surface area contributed by atoms with E-state index in [-0.39, 0.29) is 49.4 Å². The van der Waals surface area contributed by atoms with Crippen LogP contribution in [0, 0.1) is 0 Å². The summed E-state index contributed by atoms with van der Waals surface area (Å²) >= 11 is 0. The summed E-state index contributed by atoms with van der Waals surface area (Å²) in [5, 5.41) is 2.29. The maximum absolute atomic E-state index is 12.9. The van der Waals surface area contributed by atoms with E-state index >= 15 is 0 Å². The SMILES string of the molecule is NC(=CC(=O)CN1CCOCC1)COc1cccc2c1CN(C1CCC(=O)NC1=O)C2=O. The van der Waals surface area contributed by atoms with E-state index in [0.29, 0.717) is 49.6 Å². The summed E-state index contributed by atoms with van der Waals surface area (Å²) in [6, 6.07) is 4.41. The first-order valence-electron chi connectivity index (χ1n) is 10.6. The highest BCUT2D eigenvalue weighted by atomic mass is 16.5. The number of hydrogen-bond acceptors (Lipinski definition) is 8. The molecule has 10 nitrogen and oxygen atoms in total. The molecule has 170 valence electrons. The van der Waals surface area contributed by atoms with Crippen LogP contribution in [0.5, 0.6) is 5.75 Å². The summed E-state index contributed by atoms with van der Waals surface area (Å²) in [5.74, 6) is -0.696. The Morgan fingerprint density at radius 3 is 2.78 bits per heavy atom. The van der Waals surface area contributed by atoms with Crippen molar-refractivity contribution in [3.63, 3.8) is 0 Å². The molecule has 3 N–H and O–H groups in total. The number of imide groups is 1. The van der Waals surface area contributed by atoms with Crippen LogP contribution in [0.4, 0.5) is 0 Å². The zero-order valence-corrected chi connectivity index (χ0v) is 17.7. The average molecular weight is 442 g/mol. The van der Waals surface area contributed by atoms with Crippen LogP contribution in [0.25, 0.3) is 0 Å². The normalized spacial score (nSPS) is 22.0.